The molecule has 1 aliphatic rings. The summed E-state index contributed by atoms with van der Waals surface area (Å²) in [5, 5.41) is 11.1. The largest absolute Gasteiger partial charge is 0.507 e. The van der Waals surface area contributed by atoms with Crippen LogP contribution in [0.5, 0.6) is 5.75 Å². The van der Waals surface area contributed by atoms with Gasteiger partial charge >= 0.3 is 0 Å². The lowest BCUT2D eigenvalue weighted by atomic mass is 9.94. The van der Waals surface area contributed by atoms with Crippen molar-refractivity contribution in [2.75, 3.05) is 33.3 Å². The number of likely N-dealkylation sites (N-methyl/N-ethyl adjacent to an activating group) is 1. The maximum atomic E-state index is 14.3. The first-order chi connectivity index (χ1) is 15.9. The number of amides is 1. The molecule has 7 heteroatoms. The fraction of sp³-hybridized carbons (Fsp3) is 0.385. The van der Waals surface area contributed by atoms with E-state index in [4.69, 9.17) is 4.74 Å². The number of aliphatic hydroxyl groups excluding tert-OH is 1. The van der Waals surface area contributed by atoms with E-state index < -0.39 is 29.3 Å². The number of carbonyl (C=O) groups is 2. The van der Waals surface area contributed by atoms with Gasteiger partial charge in [0.1, 0.15) is 5.76 Å². The van der Waals surface area contributed by atoms with E-state index in [1.807, 2.05) is 45.0 Å². The van der Waals surface area contributed by atoms with Gasteiger partial charge in [-0.15, -0.1) is 0 Å². The summed E-state index contributed by atoms with van der Waals surface area (Å²) in [5.41, 5.74) is 1.93. The van der Waals surface area contributed by atoms with Gasteiger partial charge in [-0.3, -0.25) is 9.59 Å². The second-order valence-corrected chi connectivity index (χ2v) is 7.96. The Hall–Kier alpha value is -3.19. The molecule has 0 aliphatic carbocycles. The number of halogens is 1. The molecule has 1 atom stereocenters. The number of carbonyl (C=O) groups excluding carboxylic acids is 2. The zero-order chi connectivity index (χ0) is 24.1. The molecule has 2 aromatic rings. The number of methoxy groups -OCH3 is 1. The van der Waals surface area contributed by atoms with Gasteiger partial charge in [0.2, 0.25) is 0 Å². The molecule has 0 saturated carbocycles. The van der Waals surface area contributed by atoms with Crippen molar-refractivity contribution in [3.05, 3.63) is 70.5 Å². The molecule has 0 radical (unpaired) electrons. The predicted molar refractivity (Wildman–Crippen MR) is 126 cm³/mol. The predicted octanol–water partition coefficient (Wildman–Crippen LogP) is 4.16. The number of aryl methyl sites for hydroxylation is 1. The van der Waals surface area contributed by atoms with Gasteiger partial charge in [-0.25, -0.2) is 4.39 Å². The van der Waals surface area contributed by atoms with Crippen LogP contribution in [-0.2, 0) is 16.0 Å². The number of ketones is 1. The molecule has 1 heterocycles. The smallest absolute Gasteiger partial charge is 0.295 e. The summed E-state index contributed by atoms with van der Waals surface area (Å²) in [4.78, 5) is 29.8. The van der Waals surface area contributed by atoms with Crippen LogP contribution in [0, 0.1) is 5.82 Å². The SMILES string of the molecule is CCc1ccc(C2/C(=C(/O)c3ccc(OC)c(F)c3)C(=O)C(=O)N2CCN(CC)CC)cc1. The summed E-state index contributed by atoms with van der Waals surface area (Å²) in [6.45, 7) is 8.70. The highest BCUT2D eigenvalue weighted by Gasteiger charge is 2.46. The Morgan fingerprint density at radius 3 is 2.30 bits per heavy atom. The van der Waals surface area contributed by atoms with Crippen molar-refractivity contribution in [1.29, 1.82) is 0 Å². The summed E-state index contributed by atoms with van der Waals surface area (Å²) in [5.74, 6) is -2.47. The van der Waals surface area contributed by atoms with Crippen molar-refractivity contribution in [2.24, 2.45) is 0 Å². The van der Waals surface area contributed by atoms with Crippen molar-refractivity contribution >= 4 is 17.4 Å². The molecule has 0 aromatic heterocycles. The third-order valence-electron chi connectivity index (χ3n) is 6.22. The quantitative estimate of drug-likeness (QED) is 0.350. The summed E-state index contributed by atoms with van der Waals surface area (Å²) < 4.78 is 19.3. The molecule has 1 fully saturated rings. The monoisotopic (exact) mass is 454 g/mol. The first-order valence-corrected chi connectivity index (χ1v) is 11.3. The van der Waals surface area contributed by atoms with E-state index in [1.165, 1.54) is 24.1 Å². The number of ether oxygens (including phenoxy) is 1. The third kappa shape index (κ3) is 4.93. The molecule has 1 amide bonds. The highest BCUT2D eigenvalue weighted by atomic mass is 19.1. The van der Waals surface area contributed by atoms with Crippen LogP contribution in [0.2, 0.25) is 0 Å². The minimum absolute atomic E-state index is 0.0259. The lowest BCUT2D eigenvalue weighted by molar-refractivity contribution is -0.140. The van der Waals surface area contributed by atoms with Crippen molar-refractivity contribution in [2.45, 2.75) is 33.2 Å². The zero-order valence-electron chi connectivity index (χ0n) is 19.6. The molecule has 1 aliphatic heterocycles. The van der Waals surface area contributed by atoms with E-state index >= 15 is 0 Å². The molecule has 176 valence electrons. The number of hydrogen-bond donors (Lipinski definition) is 1. The van der Waals surface area contributed by atoms with E-state index in [2.05, 4.69) is 4.90 Å². The first-order valence-electron chi connectivity index (χ1n) is 11.3. The average Bonchev–Trinajstić information content (AvgIpc) is 3.09. The minimum atomic E-state index is -0.771. The van der Waals surface area contributed by atoms with Crippen LogP contribution in [0.3, 0.4) is 0 Å². The molecule has 0 bridgehead atoms. The number of Topliss-reactive ketones (excluding diaryl/α,β-unsaturated/α-hetero) is 1. The highest BCUT2D eigenvalue weighted by Crippen LogP contribution is 2.39. The van der Waals surface area contributed by atoms with E-state index in [1.54, 1.807) is 0 Å². The summed E-state index contributed by atoms with van der Waals surface area (Å²) in [6.07, 6.45) is 0.855. The number of nitrogens with zero attached hydrogens (tertiary/aromatic N) is 2. The Balaban J connectivity index is 2.10. The summed E-state index contributed by atoms with van der Waals surface area (Å²) in [6, 6.07) is 10.9. The molecule has 6 nitrogen and oxygen atoms in total. The Bertz CT molecular complexity index is 1040. The maximum absolute atomic E-state index is 14.3. The van der Waals surface area contributed by atoms with Crippen molar-refractivity contribution in [1.82, 2.24) is 9.80 Å². The van der Waals surface area contributed by atoms with Gasteiger partial charge in [-0.1, -0.05) is 45.0 Å². The van der Waals surface area contributed by atoms with Gasteiger partial charge in [0, 0.05) is 18.7 Å². The lowest BCUT2D eigenvalue weighted by Crippen LogP contribution is -2.38. The van der Waals surface area contributed by atoms with Gasteiger partial charge < -0.3 is 19.6 Å². The summed E-state index contributed by atoms with van der Waals surface area (Å²) in [7, 11) is 1.35. The Kier molecular flexibility index (Phi) is 7.87. The zero-order valence-corrected chi connectivity index (χ0v) is 19.6. The molecule has 3 rings (SSSR count). The fourth-order valence-corrected chi connectivity index (χ4v) is 4.15. The van der Waals surface area contributed by atoms with Crippen LogP contribution in [0.25, 0.3) is 5.76 Å². The maximum Gasteiger partial charge on any atom is 0.295 e. The van der Waals surface area contributed by atoms with E-state index in [9.17, 15) is 19.1 Å². The molecule has 33 heavy (non-hydrogen) atoms. The lowest BCUT2D eigenvalue weighted by Gasteiger charge is -2.28. The number of aliphatic hydroxyl groups is 1. The fourth-order valence-electron chi connectivity index (χ4n) is 4.15. The number of hydrogen-bond acceptors (Lipinski definition) is 5. The number of benzene rings is 2. The third-order valence-corrected chi connectivity index (χ3v) is 6.22. The molecule has 1 unspecified atom stereocenters. The van der Waals surface area contributed by atoms with Crippen LogP contribution in [0.15, 0.2) is 48.0 Å². The van der Waals surface area contributed by atoms with Crippen molar-refractivity contribution in [3.8, 4) is 5.75 Å². The second-order valence-electron chi connectivity index (χ2n) is 7.96. The highest BCUT2D eigenvalue weighted by molar-refractivity contribution is 6.46. The number of likely N-dealkylation sites (tertiary alicyclic amines) is 1. The van der Waals surface area contributed by atoms with Gasteiger partial charge in [0.15, 0.2) is 11.6 Å². The molecular formula is C26H31FN2O4. The van der Waals surface area contributed by atoms with Crippen LogP contribution in [-0.4, -0.2) is 59.9 Å². The first kappa shape index (κ1) is 24.5. The van der Waals surface area contributed by atoms with Gasteiger partial charge in [-0.2, -0.15) is 0 Å². The van der Waals surface area contributed by atoms with Crippen LogP contribution in [0.1, 0.15) is 43.5 Å². The molecular weight excluding hydrogens is 423 g/mol. The van der Waals surface area contributed by atoms with E-state index in [-0.39, 0.29) is 16.9 Å². The van der Waals surface area contributed by atoms with Crippen LogP contribution in [0.4, 0.5) is 4.39 Å². The van der Waals surface area contributed by atoms with Gasteiger partial charge in [0.25, 0.3) is 11.7 Å². The Labute approximate surface area is 194 Å². The van der Waals surface area contributed by atoms with Crippen LogP contribution < -0.4 is 4.74 Å². The van der Waals surface area contributed by atoms with Crippen LogP contribution >= 0.6 is 0 Å². The van der Waals surface area contributed by atoms with E-state index in [0.717, 1.165) is 36.7 Å². The minimum Gasteiger partial charge on any atom is -0.507 e. The topological polar surface area (TPSA) is 70.1 Å². The molecule has 1 saturated heterocycles. The standard InChI is InChI=1S/C26H31FN2O4/c1-5-17-8-10-18(11-9-17)23-22(24(30)19-12-13-21(33-4)20(27)16-19)25(31)26(32)29(23)15-14-28(6-2)7-3/h8-13,16,23,30H,5-7,14-15H2,1-4H3/b24-22-. The Morgan fingerprint density at radius 2 is 1.76 bits per heavy atom. The molecule has 2 aromatic carbocycles. The Morgan fingerprint density at radius 1 is 1.09 bits per heavy atom. The van der Waals surface area contributed by atoms with Crippen molar-refractivity contribution < 1.29 is 23.8 Å². The summed E-state index contributed by atoms with van der Waals surface area (Å²) >= 11 is 0. The normalized spacial score (nSPS) is 17.8. The molecule has 1 N–H and O–H groups in total. The second kappa shape index (κ2) is 10.6. The van der Waals surface area contributed by atoms with E-state index in [0.29, 0.717) is 13.1 Å². The van der Waals surface area contributed by atoms with Gasteiger partial charge in [0.05, 0.1) is 18.7 Å². The average molecular weight is 455 g/mol. The van der Waals surface area contributed by atoms with Gasteiger partial charge in [-0.05, 0) is 48.8 Å². The molecule has 0 spiro atoms. The number of rotatable bonds is 9. The van der Waals surface area contributed by atoms with Crippen molar-refractivity contribution in [3.63, 3.8) is 0 Å².